The molecule has 1 rings (SSSR count). The van der Waals surface area contributed by atoms with Gasteiger partial charge in [-0.25, -0.2) is 4.79 Å². The van der Waals surface area contributed by atoms with Gasteiger partial charge >= 0.3 is 12.1 Å². The van der Waals surface area contributed by atoms with Crippen molar-refractivity contribution < 1.29 is 19.4 Å². The highest BCUT2D eigenvalue weighted by Crippen LogP contribution is 2.10. The van der Waals surface area contributed by atoms with Crippen LogP contribution < -0.4 is 0 Å². The van der Waals surface area contributed by atoms with Gasteiger partial charge in [0.25, 0.3) is 0 Å². The Balaban J connectivity index is 2.51. The molecule has 0 spiro atoms. The Kier molecular flexibility index (Phi) is 5.93. The van der Waals surface area contributed by atoms with Crippen LogP contribution in [-0.4, -0.2) is 41.8 Å². The Hall–Kier alpha value is -1.82. The molecule has 18 heavy (non-hydrogen) atoms. The minimum atomic E-state index is -1.06. The van der Waals surface area contributed by atoms with Crippen LogP contribution in [0.2, 0.25) is 0 Å². The van der Waals surface area contributed by atoms with Gasteiger partial charge in [0.2, 0.25) is 0 Å². The Morgan fingerprint density at radius 1 is 1.56 bits per heavy atom. The van der Waals surface area contributed by atoms with Crippen LogP contribution in [0.4, 0.5) is 4.79 Å². The topological polar surface area (TPSA) is 66.8 Å². The van der Waals surface area contributed by atoms with Gasteiger partial charge in [-0.15, -0.1) is 11.3 Å². The highest BCUT2D eigenvalue weighted by atomic mass is 32.1. The number of rotatable bonds is 7. The molecule has 1 heterocycles. The summed E-state index contributed by atoms with van der Waals surface area (Å²) in [4.78, 5) is 24.5. The molecule has 1 aromatic rings. The molecule has 0 radical (unpaired) electrons. The average molecular weight is 269 g/mol. The lowest BCUT2D eigenvalue weighted by Gasteiger charge is -2.19. The van der Waals surface area contributed by atoms with E-state index in [9.17, 15) is 9.59 Å². The van der Waals surface area contributed by atoms with Gasteiger partial charge in [-0.1, -0.05) is 18.7 Å². The van der Waals surface area contributed by atoms with Crippen molar-refractivity contribution in [3.63, 3.8) is 0 Å². The number of ether oxygens (including phenoxy) is 1. The summed E-state index contributed by atoms with van der Waals surface area (Å²) in [6.07, 6.45) is 1.43. The number of carboxylic acids is 1. The summed E-state index contributed by atoms with van der Waals surface area (Å²) in [5.74, 6) is -1.06. The summed E-state index contributed by atoms with van der Waals surface area (Å²) in [5, 5.41) is 10.7. The number of carboxylic acid groups (broad SMARTS) is 1. The first kappa shape index (κ1) is 14.2. The van der Waals surface area contributed by atoms with E-state index in [4.69, 9.17) is 9.84 Å². The Bertz CT molecular complexity index is 402. The van der Waals surface area contributed by atoms with Crippen molar-refractivity contribution in [3.8, 4) is 0 Å². The molecular weight excluding hydrogens is 254 g/mol. The van der Waals surface area contributed by atoms with Gasteiger partial charge in [0.15, 0.2) is 0 Å². The number of carbonyl (C=O) groups excluding carboxylic acids is 1. The molecule has 0 aliphatic heterocycles. The van der Waals surface area contributed by atoms with Crippen LogP contribution >= 0.6 is 11.3 Å². The predicted molar refractivity (Wildman–Crippen MR) is 68.8 cm³/mol. The molecule has 0 saturated heterocycles. The third-order valence-electron chi connectivity index (χ3n) is 2.12. The summed E-state index contributed by atoms with van der Waals surface area (Å²) < 4.78 is 4.83. The smallest absolute Gasteiger partial charge is 0.410 e. The van der Waals surface area contributed by atoms with Gasteiger partial charge in [-0.05, 0) is 17.9 Å². The molecular formula is C12H15NO4S. The maximum absolute atomic E-state index is 11.6. The van der Waals surface area contributed by atoms with Crippen LogP contribution in [0.5, 0.6) is 0 Å². The first-order valence-corrected chi connectivity index (χ1v) is 6.28. The fraction of sp³-hybridized carbons (Fsp3) is 0.333. The van der Waals surface area contributed by atoms with E-state index in [2.05, 4.69) is 6.58 Å². The number of hydrogen-bond donors (Lipinski definition) is 1. The van der Waals surface area contributed by atoms with E-state index in [0.29, 0.717) is 13.0 Å². The lowest BCUT2D eigenvalue weighted by atomic mass is 10.3. The fourth-order valence-electron chi connectivity index (χ4n) is 1.32. The van der Waals surface area contributed by atoms with Crippen molar-refractivity contribution in [2.75, 3.05) is 19.7 Å². The number of hydrogen-bond acceptors (Lipinski definition) is 4. The van der Waals surface area contributed by atoms with Crippen LogP contribution in [0, 0.1) is 0 Å². The molecule has 0 unspecified atom stereocenters. The lowest BCUT2D eigenvalue weighted by molar-refractivity contribution is -0.138. The first-order chi connectivity index (χ1) is 8.63. The number of aliphatic carboxylic acids is 1. The van der Waals surface area contributed by atoms with Crippen LogP contribution in [-0.2, 0) is 16.0 Å². The average Bonchev–Trinajstić information content (AvgIpc) is 2.84. The lowest BCUT2D eigenvalue weighted by Crippen LogP contribution is -2.37. The van der Waals surface area contributed by atoms with E-state index < -0.39 is 12.1 Å². The number of carbonyl (C=O) groups is 2. The SMILES string of the molecule is C=CCOC(=O)N(CCc1cccs1)CC(=O)O. The molecule has 1 N–H and O–H groups in total. The largest absolute Gasteiger partial charge is 0.480 e. The van der Waals surface area contributed by atoms with Gasteiger partial charge in [0.05, 0.1) is 0 Å². The Labute approximate surface area is 109 Å². The van der Waals surface area contributed by atoms with Crippen LogP contribution in [0.25, 0.3) is 0 Å². The molecule has 98 valence electrons. The van der Waals surface area contributed by atoms with Crippen molar-refractivity contribution in [2.45, 2.75) is 6.42 Å². The predicted octanol–water partition coefficient (Wildman–Crippen LogP) is 2.00. The van der Waals surface area contributed by atoms with E-state index in [1.807, 2.05) is 17.5 Å². The number of amides is 1. The van der Waals surface area contributed by atoms with Gasteiger partial charge < -0.3 is 9.84 Å². The third kappa shape index (κ3) is 5.01. The van der Waals surface area contributed by atoms with E-state index in [-0.39, 0.29) is 13.2 Å². The molecule has 1 aromatic heterocycles. The minimum absolute atomic E-state index is 0.0773. The van der Waals surface area contributed by atoms with Crippen molar-refractivity contribution >= 4 is 23.4 Å². The second-order valence-corrected chi connectivity index (χ2v) is 4.54. The second kappa shape index (κ2) is 7.50. The molecule has 1 amide bonds. The summed E-state index contributed by atoms with van der Waals surface area (Å²) in [7, 11) is 0. The standard InChI is InChI=1S/C12H15NO4S/c1-2-7-17-12(16)13(9-11(14)15)6-5-10-4-3-8-18-10/h2-4,8H,1,5-7,9H2,(H,14,15). The molecule has 0 aromatic carbocycles. The summed E-state index contributed by atoms with van der Waals surface area (Å²) in [6, 6.07) is 3.86. The van der Waals surface area contributed by atoms with Crippen molar-refractivity contribution in [3.05, 3.63) is 35.0 Å². The highest BCUT2D eigenvalue weighted by Gasteiger charge is 2.17. The molecule has 0 fully saturated rings. The van der Waals surface area contributed by atoms with Crippen LogP contribution in [0.1, 0.15) is 4.88 Å². The zero-order valence-corrected chi connectivity index (χ0v) is 10.7. The molecule has 5 nitrogen and oxygen atoms in total. The van der Waals surface area contributed by atoms with Gasteiger partial charge in [-0.3, -0.25) is 9.69 Å². The fourth-order valence-corrected chi connectivity index (χ4v) is 2.02. The first-order valence-electron chi connectivity index (χ1n) is 5.40. The zero-order valence-electron chi connectivity index (χ0n) is 9.87. The molecule has 0 bridgehead atoms. The van der Waals surface area contributed by atoms with E-state index >= 15 is 0 Å². The Morgan fingerprint density at radius 3 is 2.89 bits per heavy atom. The summed E-state index contributed by atoms with van der Waals surface area (Å²) in [5.41, 5.74) is 0. The molecule has 6 heteroatoms. The van der Waals surface area contributed by atoms with Crippen molar-refractivity contribution in [1.82, 2.24) is 4.90 Å². The van der Waals surface area contributed by atoms with Crippen molar-refractivity contribution in [1.29, 1.82) is 0 Å². The maximum atomic E-state index is 11.6. The van der Waals surface area contributed by atoms with E-state index in [1.54, 1.807) is 11.3 Å². The number of thiophene rings is 1. The minimum Gasteiger partial charge on any atom is -0.480 e. The highest BCUT2D eigenvalue weighted by molar-refractivity contribution is 7.09. The maximum Gasteiger partial charge on any atom is 0.410 e. The van der Waals surface area contributed by atoms with Gasteiger partial charge in [-0.2, -0.15) is 0 Å². The van der Waals surface area contributed by atoms with Gasteiger partial charge in [0.1, 0.15) is 13.2 Å². The summed E-state index contributed by atoms with van der Waals surface area (Å²) in [6.45, 7) is 3.47. The normalized spacial score (nSPS) is 9.78. The van der Waals surface area contributed by atoms with Gasteiger partial charge in [0, 0.05) is 11.4 Å². The van der Waals surface area contributed by atoms with Crippen LogP contribution in [0.3, 0.4) is 0 Å². The van der Waals surface area contributed by atoms with Crippen LogP contribution in [0.15, 0.2) is 30.2 Å². The summed E-state index contributed by atoms with van der Waals surface area (Å²) >= 11 is 1.57. The quantitative estimate of drug-likeness (QED) is 0.769. The van der Waals surface area contributed by atoms with E-state index in [1.165, 1.54) is 11.0 Å². The van der Waals surface area contributed by atoms with E-state index in [0.717, 1.165) is 4.88 Å². The third-order valence-corrected chi connectivity index (χ3v) is 3.05. The van der Waals surface area contributed by atoms with Crippen molar-refractivity contribution in [2.24, 2.45) is 0 Å². The zero-order chi connectivity index (χ0) is 13.4. The molecule has 0 aliphatic carbocycles. The molecule has 0 aliphatic rings. The second-order valence-electron chi connectivity index (χ2n) is 3.51. The Morgan fingerprint density at radius 2 is 2.33 bits per heavy atom. The molecule has 0 atom stereocenters. The number of nitrogens with zero attached hydrogens (tertiary/aromatic N) is 1. The molecule has 0 saturated carbocycles. The monoisotopic (exact) mass is 269 g/mol.